The highest BCUT2D eigenvalue weighted by Crippen LogP contribution is 2.42. The number of carbonyl (C=O) groups excluding carboxylic acids is 1. The molecule has 2 aliphatic carbocycles. The Labute approximate surface area is 179 Å². The number of rotatable bonds is 4. The molecule has 0 aromatic carbocycles. The summed E-state index contributed by atoms with van der Waals surface area (Å²) in [6.45, 7) is 3.86. The van der Waals surface area contributed by atoms with Crippen molar-refractivity contribution in [2.24, 2.45) is 22.7 Å². The number of hydrogen-bond donors (Lipinski definition) is 4. The topological polar surface area (TPSA) is 77.6 Å². The second-order valence-corrected chi connectivity index (χ2v) is 9.02. The first-order valence-corrected chi connectivity index (χ1v) is 11.1. The highest BCUT2D eigenvalue weighted by molar-refractivity contribution is 5.98. The van der Waals surface area contributed by atoms with Crippen LogP contribution in [0.25, 0.3) is 0 Å². The van der Waals surface area contributed by atoms with Crippen molar-refractivity contribution in [2.45, 2.75) is 95.6 Å². The summed E-state index contributed by atoms with van der Waals surface area (Å²) < 4.78 is 66.3. The molecule has 1 heterocycles. The van der Waals surface area contributed by atoms with Gasteiger partial charge >= 0.3 is 6.18 Å². The van der Waals surface area contributed by atoms with E-state index in [1.54, 1.807) is 0 Å². The molecule has 3 rings (SSSR count). The third-order valence-electron chi connectivity index (χ3n) is 6.76. The number of nitrogens with zero attached hydrogens (tertiary/aromatic N) is 1. The van der Waals surface area contributed by atoms with Crippen LogP contribution in [0.1, 0.15) is 58.8 Å². The van der Waals surface area contributed by atoms with Crippen LogP contribution in [0.2, 0.25) is 0 Å². The predicted octanol–water partition coefficient (Wildman–Crippen LogP) is 3.10. The molecule has 31 heavy (non-hydrogen) atoms. The largest absolute Gasteiger partial charge is 0.391 e. The molecular formula is C20H32F5N5O. The molecule has 2 saturated carbocycles. The molecule has 0 spiro atoms. The van der Waals surface area contributed by atoms with Crippen molar-refractivity contribution in [2.75, 3.05) is 0 Å². The van der Waals surface area contributed by atoms with E-state index in [0.717, 1.165) is 6.42 Å². The molecule has 8 unspecified atom stereocenters. The van der Waals surface area contributed by atoms with Gasteiger partial charge < -0.3 is 5.32 Å². The normalized spacial score (nSPS) is 37.8. The quantitative estimate of drug-likeness (QED) is 0.300. The molecule has 1 amide bonds. The van der Waals surface area contributed by atoms with E-state index in [1.165, 1.54) is 0 Å². The molecule has 3 fully saturated rings. The lowest BCUT2D eigenvalue weighted by molar-refractivity contribution is -0.185. The van der Waals surface area contributed by atoms with Crippen molar-refractivity contribution in [1.29, 1.82) is 0 Å². The smallest absolute Gasteiger partial charge is 0.354 e. The molecule has 8 atom stereocenters. The minimum absolute atomic E-state index is 0.00273. The van der Waals surface area contributed by atoms with Crippen LogP contribution in [0.3, 0.4) is 0 Å². The van der Waals surface area contributed by atoms with Crippen LogP contribution >= 0.6 is 0 Å². The van der Waals surface area contributed by atoms with Gasteiger partial charge in [-0.15, -0.1) is 0 Å². The molecule has 3 aliphatic rings. The Morgan fingerprint density at radius 3 is 2.48 bits per heavy atom. The van der Waals surface area contributed by atoms with Crippen LogP contribution in [-0.2, 0) is 4.79 Å². The number of halogens is 5. The zero-order valence-electron chi connectivity index (χ0n) is 17.8. The first kappa shape index (κ1) is 24.2. The molecular weight excluding hydrogens is 421 g/mol. The lowest BCUT2D eigenvalue weighted by Gasteiger charge is -2.33. The summed E-state index contributed by atoms with van der Waals surface area (Å²) in [5.41, 5.74) is 5.87. The Hall–Kier alpha value is -1.49. The van der Waals surface area contributed by atoms with Crippen molar-refractivity contribution in [3.63, 3.8) is 0 Å². The van der Waals surface area contributed by atoms with E-state index in [9.17, 15) is 26.7 Å². The summed E-state index contributed by atoms with van der Waals surface area (Å²) in [7, 11) is 0. The van der Waals surface area contributed by atoms with E-state index in [4.69, 9.17) is 0 Å². The molecule has 1 saturated heterocycles. The number of alkyl halides is 5. The third-order valence-corrected chi connectivity index (χ3v) is 6.76. The lowest BCUT2D eigenvalue weighted by Crippen LogP contribution is -2.49. The number of aliphatic imine (C=N–C) groups is 1. The SMILES string of the molecule is CCC(C)N/C(=N\C1NNC2CC(C(F)(F)F)CCC21)NC(=O)C1CCC(F)C(F)C1. The van der Waals surface area contributed by atoms with Crippen LogP contribution in [0.5, 0.6) is 0 Å². The van der Waals surface area contributed by atoms with Crippen LogP contribution < -0.4 is 21.5 Å². The molecule has 0 radical (unpaired) electrons. The van der Waals surface area contributed by atoms with Crippen molar-refractivity contribution < 1.29 is 26.7 Å². The summed E-state index contributed by atoms with van der Waals surface area (Å²) in [6.07, 6.45) is -6.66. The molecule has 178 valence electrons. The van der Waals surface area contributed by atoms with Crippen LogP contribution in [0, 0.1) is 17.8 Å². The second kappa shape index (κ2) is 9.97. The zero-order chi connectivity index (χ0) is 22.8. The fraction of sp³-hybridized carbons (Fsp3) is 0.900. The number of amides is 1. The van der Waals surface area contributed by atoms with Crippen molar-refractivity contribution >= 4 is 11.9 Å². The molecule has 6 nitrogen and oxygen atoms in total. The number of fused-ring (bicyclic) bond motifs is 1. The fourth-order valence-corrected chi connectivity index (χ4v) is 4.58. The maximum atomic E-state index is 13.7. The predicted molar refractivity (Wildman–Crippen MR) is 106 cm³/mol. The maximum Gasteiger partial charge on any atom is 0.391 e. The van der Waals surface area contributed by atoms with Gasteiger partial charge in [0.15, 0.2) is 5.96 Å². The van der Waals surface area contributed by atoms with E-state index in [1.807, 2.05) is 13.8 Å². The van der Waals surface area contributed by atoms with Gasteiger partial charge in [-0.2, -0.15) is 13.2 Å². The Kier molecular flexibility index (Phi) is 7.77. The number of hydrogen-bond acceptors (Lipinski definition) is 4. The molecule has 0 bridgehead atoms. The van der Waals surface area contributed by atoms with Gasteiger partial charge in [0.25, 0.3) is 0 Å². The van der Waals surface area contributed by atoms with Crippen molar-refractivity contribution in [1.82, 2.24) is 21.5 Å². The average molecular weight is 454 g/mol. The van der Waals surface area contributed by atoms with Crippen molar-refractivity contribution in [3.8, 4) is 0 Å². The van der Waals surface area contributed by atoms with E-state index in [-0.39, 0.29) is 56.1 Å². The maximum absolute atomic E-state index is 13.7. The van der Waals surface area contributed by atoms with Gasteiger partial charge in [-0.3, -0.25) is 15.5 Å². The van der Waals surface area contributed by atoms with E-state index < -0.39 is 42.4 Å². The van der Waals surface area contributed by atoms with E-state index >= 15 is 0 Å². The first-order valence-electron chi connectivity index (χ1n) is 11.1. The zero-order valence-corrected chi connectivity index (χ0v) is 17.8. The minimum Gasteiger partial charge on any atom is -0.354 e. The van der Waals surface area contributed by atoms with Gasteiger partial charge in [-0.1, -0.05) is 6.92 Å². The molecule has 0 aromatic rings. The van der Waals surface area contributed by atoms with Gasteiger partial charge in [0.05, 0.1) is 5.92 Å². The van der Waals surface area contributed by atoms with Gasteiger partial charge in [0.2, 0.25) is 5.91 Å². The van der Waals surface area contributed by atoms with E-state index in [2.05, 4.69) is 26.5 Å². The summed E-state index contributed by atoms with van der Waals surface area (Å²) in [5, 5.41) is 5.82. The Bertz CT molecular complexity index is 660. The van der Waals surface area contributed by atoms with Gasteiger partial charge in [0.1, 0.15) is 18.5 Å². The Morgan fingerprint density at radius 1 is 1.10 bits per heavy atom. The Morgan fingerprint density at radius 2 is 1.84 bits per heavy atom. The molecule has 1 aliphatic heterocycles. The number of carbonyl (C=O) groups is 1. The van der Waals surface area contributed by atoms with E-state index in [0.29, 0.717) is 6.42 Å². The second-order valence-electron chi connectivity index (χ2n) is 9.02. The van der Waals surface area contributed by atoms with Gasteiger partial charge in [-0.05, 0) is 51.9 Å². The monoisotopic (exact) mass is 453 g/mol. The van der Waals surface area contributed by atoms with Crippen molar-refractivity contribution in [3.05, 3.63) is 0 Å². The highest BCUT2D eigenvalue weighted by Gasteiger charge is 2.48. The van der Waals surface area contributed by atoms with Gasteiger partial charge in [-0.25, -0.2) is 19.2 Å². The first-order chi connectivity index (χ1) is 14.6. The fourth-order valence-electron chi connectivity index (χ4n) is 4.58. The number of nitrogens with one attached hydrogen (secondary N) is 4. The number of hydrazine groups is 1. The van der Waals surface area contributed by atoms with Crippen LogP contribution in [0.15, 0.2) is 4.99 Å². The number of guanidine groups is 1. The summed E-state index contributed by atoms with van der Waals surface area (Å²) in [4.78, 5) is 17.2. The van der Waals surface area contributed by atoms with Gasteiger partial charge in [0, 0.05) is 23.9 Å². The summed E-state index contributed by atoms with van der Waals surface area (Å²) in [5.74, 6) is -2.33. The lowest BCUT2D eigenvalue weighted by atomic mass is 9.78. The summed E-state index contributed by atoms with van der Waals surface area (Å²) in [6, 6.07) is -0.373. The van der Waals surface area contributed by atoms with Crippen LogP contribution in [-0.4, -0.2) is 48.6 Å². The summed E-state index contributed by atoms with van der Waals surface area (Å²) >= 11 is 0. The molecule has 11 heteroatoms. The third kappa shape index (κ3) is 6.06. The average Bonchev–Trinajstić information content (AvgIpc) is 3.11. The van der Waals surface area contributed by atoms with Crippen LogP contribution in [0.4, 0.5) is 22.0 Å². The highest BCUT2D eigenvalue weighted by atomic mass is 19.4. The minimum atomic E-state index is -4.21. The standard InChI is InChI=1S/C20H32F5N5O/c1-3-10(2)26-19(28-18(31)11-4-7-14(21)15(22)8-11)27-17-13-6-5-12(20(23,24)25)9-16(13)29-30-17/h10-17,29-30H,3-9H2,1-2H3,(H2,26,27,28,31). The molecule has 4 N–H and O–H groups in total. The molecule has 0 aromatic heterocycles. The Balaban J connectivity index is 1.67.